The minimum atomic E-state index is -0.577. The summed E-state index contributed by atoms with van der Waals surface area (Å²) in [5, 5.41) is 20.2. The number of aliphatic hydroxyl groups excluding tert-OH is 1. The number of hydrogen-bond acceptors (Lipinski definition) is 4. The molecule has 0 aromatic heterocycles. The molecule has 0 fully saturated rings. The largest absolute Gasteiger partial charge is 0.482 e. The van der Waals surface area contributed by atoms with Crippen molar-refractivity contribution in [2.24, 2.45) is 0 Å². The average Bonchev–Trinajstić information content (AvgIpc) is 2.48. The Kier molecular flexibility index (Phi) is 5.01. The standard InChI is InChI=1S/C14H11Cl2NO4/c15-11-5-13(17(19)20)14(6-12(11)16)21-8-10-3-1-9(7-18)2-4-10/h1-6,18H,7-8H2. The molecule has 0 aliphatic heterocycles. The smallest absolute Gasteiger partial charge is 0.312 e. The van der Waals surface area contributed by atoms with Crippen LogP contribution in [0.3, 0.4) is 0 Å². The van der Waals surface area contributed by atoms with Gasteiger partial charge in [0.15, 0.2) is 5.75 Å². The molecule has 0 saturated carbocycles. The molecule has 0 aliphatic rings. The predicted molar refractivity (Wildman–Crippen MR) is 79.8 cm³/mol. The Labute approximate surface area is 130 Å². The van der Waals surface area contributed by atoms with Gasteiger partial charge in [0.25, 0.3) is 0 Å². The summed E-state index contributed by atoms with van der Waals surface area (Å²) in [6, 6.07) is 9.53. The second-order valence-electron chi connectivity index (χ2n) is 4.25. The minimum absolute atomic E-state index is 0.0423. The molecular formula is C14H11Cl2NO4. The van der Waals surface area contributed by atoms with Crippen LogP contribution in [0.5, 0.6) is 5.75 Å². The molecule has 2 aromatic rings. The second kappa shape index (κ2) is 6.76. The maximum absolute atomic E-state index is 11.0. The Hall–Kier alpha value is -1.82. The van der Waals surface area contributed by atoms with Gasteiger partial charge < -0.3 is 9.84 Å². The van der Waals surface area contributed by atoms with Gasteiger partial charge in [0, 0.05) is 12.1 Å². The zero-order valence-electron chi connectivity index (χ0n) is 10.8. The number of rotatable bonds is 5. The number of hydrogen-bond donors (Lipinski definition) is 1. The Morgan fingerprint density at radius 3 is 2.24 bits per heavy atom. The van der Waals surface area contributed by atoms with Crippen LogP contribution in [0.15, 0.2) is 36.4 Å². The van der Waals surface area contributed by atoms with E-state index in [4.69, 9.17) is 33.0 Å². The van der Waals surface area contributed by atoms with Gasteiger partial charge in [0.05, 0.1) is 21.6 Å². The van der Waals surface area contributed by atoms with Crippen molar-refractivity contribution < 1.29 is 14.8 Å². The number of halogens is 2. The highest BCUT2D eigenvalue weighted by atomic mass is 35.5. The van der Waals surface area contributed by atoms with Crippen molar-refractivity contribution in [2.45, 2.75) is 13.2 Å². The fourth-order valence-corrected chi connectivity index (χ4v) is 1.99. The lowest BCUT2D eigenvalue weighted by Crippen LogP contribution is -1.99. The molecule has 21 heavy (non-hydrogen) atoms. The Morgan fingerprint density at radius 1 is 1.10 bits per heavy atom. The lowest BCUT2D eigenvalue weighted by atomic mass is 10.1. The SMILES string of the molecule is O=[N+]([O-])c1cc(Cl)c(Cl)cc1OCc1ccc(CO)cc1. The van der Waals surface area contributed by atoms with Crippen LogP contribution in [0.1, 0.15) is 11.1 Å². The summed E-state index contributed by atoms with van der Waals surface area (Å²) < 4.78 is 5.45. The second-order valence-corrected chi connectivity index (χ2v) is 5.07. The van der Waals surface area contributed by atoms with E-state index in [2.05, 4.69) is 0 Å². The molecule has 2 aromatic carbocycles. The van der Waals surface area contributed by atoms with Gasteiger partial charge in [-0.1, -0.05) is 47.5 Å². The van der Waals surface area contributed by atoms with Crippen molar-refractivity contribution >= 4 is 28.9 Å². The molecule has 0 bridgehead atoms. The predicted octanol–water partition coefficient (Wildman–Crippen LogP) is 3.97. The molecule has 110 valence electrons. The van der Waals surface area contributed by atoms with Gasteiger partial charge in [-0.15, -0.1) is 0 Å². The maximum atomic E-state index is 11.0. The molecule has 1 N–H and O–H groups in total. The monoisotopic (exact) mass is 327 g/mol. The molecule has 0 aliphatic carbocycles. The summed E-state index contributed by atoms with van der Waals surface area (Å²) in [6.45, 7) is 0.101. The van der Waals surface area contributed by atoms with Crippen molar-refractivity contribution in [3.63, 3.8) is 0 Å². The summed E-state index contributed by atoms with van der Waals surface area (Å²) in [5.41, 5.74) is 1.35. The minimum Gasteiger partial charge on any atom is -0.482 e. The van der Waals surface area contributed by atoms with Crippen molar-refractivity contribution in [3.05, 3.63) is 67.7 Å². The first-order chi connectivity index (χ1) is 10.0. The van der Waals surface area contributed by atoms with Crippen molar-refractivity contribution in [1.29, 1.82) is 0 Å². The summed E-state index contributed by atoms with van der Waals surface area (Å²) in [7, 11) is 0. The summed E-state index contributed by atoms with van der Waals surface area (Å²) >= 11 is 11.6. The molecule has 0 atom stereocenters. The maximum Gasteiger partial charge on any atom is 0.312 e. The van der Waals surface area contributed by atoms with Gasteiger partial charge >= 0.3 is 5.69 Å². The van der Waals surface area contributed by atoms with Crippen LogP contribution in [0.25, 0.3) is 0 Å². The summed E-state index contributed by atoms with van der Waals surface area (Å²) in [5.74, 6) is 0.0561. The molecule has 0 radical (unpaired) electrons. The van der Waals surface area contributed by atoms with Gasteiger partial charge in [-0.2, -0.15) is 0 Å². The lowest BCUT2D eigenvalue weighted by molar-refractivity contribution is -0.385. The van der Waals surface area contributed by atoms with E-state index in [1.165, 1.54) is 6.07 Å². The Morgan fingerprint density at radius 2 is 1.67 bits per heavy atom. The molecule has 0 amide bonds. The zero-order chi connectivity index (χ0) is 15.4. The molecule has 0 spiro atoms. The highest BCUT2D eigenvalue weighted by molar-refractivity contribution is 6.42. The van der Waals surface area contributed by atoms with Crippen LogP contribution >= 0.6 is 23.2 Å². The van der Waals surface area contributed by atoms with E-state index in [1.54, 1.807) is 24.3 Å². The average molecular weight is 328 g/mol. The van der Waals surface area contributed by atoms with Crippen LogP contribution in [0.4, 0.5) is 5.69 Å². The van der Waals surface area contributed by atoms with Crippen LogP contribution < -0.4 is 4.74 Å². The molecule has 5 nitrogen and oxygen atoms in total. The van der Waals surface area contributed by atoms with E-state index in [-0.39, 0.29) is 34.7 Å². The van der Waals surface area contributed by atoms with Gasteiger partial charge in [0.2, 0.25) is 0 Å². The number of nitro benzene ring substituents is 1. The number of aliphatic hydroxyl groups is 1. The number of benzene rings is 2. The van der Waals surface area contributed by atoms with Gasteiger partial charge in [-0.05, 0) is 11.1 Å². The van der Waals surface area contributed by atoms with Crippen molar-refractivity contribution in [3.8, 4) is 5.75 Å². The quantitative estimate of drug-likeness (QED) is 0.666. The number of nitro groups is 1. The van der Waals surface area contributed by atoms with Gasteiger partial charge in [-0.25, -0.2) is 0 Å². The van der Waals surface area contributed by atoms with E-state index < -0.39 is 4.92 Å². The molecule has 0 heterocycles. The van der Waals surface area contributed by atoms with Crippen molar-refractivity contribution in [2.75, 3.05) is 0 Å². The first kappa shape index (κ1) is 15.6. The molecule has 0 unspecified atom stereocenters. The van der Waals surface area contributed by atoms with Crippen LogP contribution in [0, 0.1) is 10.1 Å². The van der Waals surface area contributed by atoms with E-state index in [0.29, 0.717) is 0 Å². The van der Waals surface area contributed by atoms with Gasteiger partial charge in [-0.3, -0.25) is 10.1 Å². The molecular weight excluding hydrogens is 317 g/mol. The number of nitrogens with zero attached hydrogens (tertiary/aromatic N) is 1. The fraction of sp³-hybridized carbons (Fsp3) is 0.143. The Balaban J connectivity index is 2.18. The van der Waals surface area contributed by atoms with E-state index >= 15 is 0 Å². The van der Waals surface area contributed by atoms with E-state index in [0.717, 1.165) is 17.2 Å². The van der Waals surface area contributed by atoms with Crippen LogP contribution in [0.2, 0.25) is 10.0 Å². The molecule has 2 rings (SSSR count). The normalized spacial score (nSPS) is 10.4. The topological polar surface area (TPSA) is 72.6 Å². The van der Waals surface area contributed by atoms with E-state index in [1.807, 2.05) is 0 Å². The molecule has 0 saturated heterocycles. The highest BCUT2D eigenvalue weighted by Crippen LogP contribution is 2.36. The van der Waals surface area contributed by atoms with E-state index in [9.17, 15) is 10.1 Å². The summed E-state index contributed by atoms with van der Waals surface area (Å²) in [4.78, 5) is 10.4. The van der Waals surface area contributed by atoms with Crippen molar-refractivity contribution in [1.82, 2.24) is 0 Å². The third-order valence-corrected chi connectivity index (χ3v) is 3.52. The highest BCUT2D eigenvalue weighted by Gasteiger charge is 2.18. The zero-order valence-corrected chi connectivity index (χ0v) is 12.3. The van der Waals surface area contributed by atoms with Gasteiger partial charge in [0.1, 0.15) is 6.61 Å². The third kappa shape index (κ3) is 3.85. The molecule has 7 heteroatoms. The van der Waals surface area contributed by atoms with Crippen LogP contribution in [-0.4, -0.2) is 10.0 Å². The third-order valence-electron chi connectivity index (χ3n) is 2.80. The fourth-order valence-electron chi connectivity index (χ4n) is 1.68. The van der Waals surface area contributed by atoms with Crippen LogP contribution in [-0.2, 0) is 13.2 Å². The Bertz CT molecular complexity index is 659. The summed E-state index contributed by atoms with van der Waals surface area (Å²) in [6.07, 6.45) is 0. The first-order valence-electron chi connectivity index (χ1n) is 5.96. The first-order valence-corrected chi connectivity index (χ1v) is 6.71. The lowest BCUT2D eigenvalue weighted by Gasteiger charge is -2.08. The number of ether oxygens (including phenoxy) is 1.